The second-order valence-electron chi connectivity index (χ2n) is 6.73. The van der Waals surface area contributed by atoms with E-state index in [1.165, 1.54) is 0 Å². The molecule has 0 fully saturated rings. The fourth-order valence-corrected chi connectivity index (χ4v) is 3.80. The van der Waals surface area contributed by atoms with Crippen LogP contribution in [-0.4, -0.2) is 26.5 Å². The van der Waals surface area contributed by atoms with Gasteiger partial charge in [-0.25, -0.2) is 4.79 Å². The second-order valence-corrected chi connectivity index (χ2v) is 7.59. The Morgan fingerprint density at radius 2 is 1.93 bits per heavy atom. The first kappa shape index (κ1) is 18.6. The Bertz CT molecular complexity index is 1370. The van der Waals surface area contributed by atoms with Crippen molar-refractivity contribution in [2.75, 3.05) is 6.79 Å². The number of benzene rings is 2. The first-order valence-corrected chi connectivity index (χ1v) is 10.0. The Hall–Kier alpha value is -3.40. The third-order valence-corrected chi connectivity index (χ3v) is 5.52. The van der Waals surface area contributed by atoms with Crippen LogP contribution in [0.25, 0.3) is 22.3 Å². The number of hydrogen-bond acceptors (Lipinski definition) is 7. The lowest BCUT2D eigenvalue weighted by molar-refractivity contribution is 0.174. The predicted molar refractivity (Wildman–Crippen MR) is 111 cm³/mol. The van der Waals surface area contributed by atoms with Crippen molar-refractivity contribution in [2.45, 2.75) is 19.4 Å². The number of fused-ring (bicyclic) bond motifs is 2. The molecule has 0 aliphatic carbocycles. The maximum Gasteiger partial charge on any atom is 0.328 e. The van der Waals surface area contributed by atoms with Gasteiger partial charge in [-0.15, -0.1) is 0 Å². The summed E-state index contributed by atoms with van der Waals surface area (Å²) in [6.45, 7) is 0.307. The summed E-state index contributed by atoms with van der Waals surface area (Å²) < 4.78 is 18.0. The van der Waals surface area contributed by atoms with Gasteiger partial charge in [0.05, 0.1) is 10.9 Å². The van der Waals surface area contributed by atoms with Crippen LogP contribution >= 0.6 is 15.9 Å². The Kier molecular flexibility index (Phi) is 4.62. The molecular formula is C20H15BrN4O5. The van der Waals surface area contributed by atoms with Gasteiger partial charge in [0.25, 0.3) is 5.56 Å². The van der Waals surface area contributed by atoms with Gasteiger partial charge in [-0.2, -0.15) is 4.98 Å². The quantitative estimate of drug-likeness (QED) is 0.477. The summed E-state index contributed by atoms with van der Waals surface area (Å²) >= 11 is 3.47. The lowest BCUT2D eigenvalue weighted by atomic mass is 10.2. The number of nitrogens with one attached hydrogen (secondary N) is 1. The predicted octanol–water partition coefficient (Wildman–Crippen LogP) is 2.86. The van der Waals surface area contributed by atoms with E-state index in [2.05, 4.69) is 31.1 Å². The number of aromatic amines is 1. The molecular weight excluding hydrogens is 456 g/mol. The molecule has 30 heavy (non-hydrogen) atoms. The molecule has 3 heterocycles. The third kappa shape index (κ3) is 3.28. The molecule has 5 rings (SSSR count). The van der Waals surface area contributed by atoms with Crippen LogP contribution in [0, 0.1) is 0 Å². The smallest absolute Gasteiger partial charge is 0.328 e. The van der Waals surface area contributed by atoms with Crippen LogP contribution in [-0.2, 0) is 13.0 Å². The van der Waals surface area contributed by atoms with Crippen molar-refractivity contribution in [2.24, 2.45) is 0 Å². The minimum absolute atomic E-state index is 0.0931. The Morgan fingerprint density at radius 1 is 1.13 bits per heavy atom. The maximum absolute atomic E-state index is 12.8. The van der Waals surface area contributed by atoms with Gasteiger partial charge in [0.1, 0.15) is 0 Å². The lowest BCUT2D eigenvalue weighted by Crippen LogP contribution is -2.35. The van der Waals surface area contributed by atoms with E-state index in [-0.39, 0.29) is 18.9 Å². The highest BCUT2D eigenvalue weighted by Gasteiger charge is 2.18. The molecule has 0 unspecified atom stereocenters. The molecule has 10 heteroatoms. The van der Waals surface area contributed by atoms with Crippen LogP contribution in [0.15, 0.2) is 55.0 Å². The monoisotopic (exact) mass is 470 g/mol. The molecule has 152 valence electrons. The lowest BCUT2D eigenvalue weighted by Gasteiger charge is -2.06. The van der Waals surface area contributed by atoms with Crippen molar-refractivity contribution in [3.8, 4) is 22.9 Å². The molecule has 0 amide bonds. The third-order valence-electron chi connectivity index (χ3n) is 4.83. The number of rotatable bonds is 5. The van der Waals surface area contributed by atoms with Gasteiger partial charge in [-0.3, -0.25) is 9.36 Å². The summed E-state index contributed by atoms with van der Waals surface area (Å²) in [7, 11) is 0. The van der Waals surface area contributed by atoms with E-state index in [9.17, 15) is 9.59 Å². The average molecular weight is 471 g/mol. The Balaban J connectivity index is 1.35. The van der Waals surface area contributed by atoms with E-state index in [0.717, 1.165) is 14.6 Å². The topological polar surface area (TPSA) is 112 Å². The summed E-state index contributed by atoms with van der Waals surface area (Å²) in [6, 6.07) is 10.8. The summed E-state index contributed by atoms with van der Waals surface area (Å²) in [5.41, 5.74) is 0.381. The number of nitrogens with zero attached hydrogens (tertiary/aromatic N) is 3. The van der Waals surface area contributed by atoms with Crippen molar-refractivity contribution < 1.29 is 14.0 Å². The minimum Gasteiger partial charge on any atom is -0.454 e. The van der Waals surface area contributed by atoms with Gasteiger partial charge in [0.15, 0.2) is 11.5 Å². The first-order chi connectivity index (χ1) is 14.6. The normalized spacial score (nSPS) is 12.6. The summed E-state index contributed by atoms with van der Waals surface area (Å²) in [5.74, 6) is 1.92. The number of hydrogen-bond donors (Lipinski definition) is 1. The van der Waals surface area contributed by atoms with Crippen molar-refractivity contribution in [1.29, 1.82) is 0 Å². The molecule has 0 radical (unpaired) electrons. The fourth-order valence-electron chi connectivity index (χ4n) is 3.34. The van der Waals surface area contributed by atoms with Crippen LogP contribution in [0.5, 0.6) is 11.5 Å². The van der Waals surface area contributed by atoms with Crippen LogP contribution in [0.1, 0.15) is 12.3 Å². The van der Waals surface area contributed by atoms with E-state index in [0.29, 0.717) is 47.0 Å². The van der Waals surface area contributed by atoms with Gasteiger partial charge >= 0.3 is 5.69 Å². The van der Waals surface area contributed by atoms with Crippen LogP contribution in [0.3, 0.4) is 0 Å². The molecule has 0 spiro atoms. The van der Waals surface area contributed by atoms with Crippen molar-refractivity contribution in [3.63, 3.8) is 0 Å². The average Bonchev–Trinajstić information content (AvgIpc) is 3.38. The van der Waals surface area contributed by atoms with Crippen molar-refractivity contribution in [3.05, 3.63) is 67.6 Å². The maximum atomic E-state index is 12.8. The molecule has 0 atom stereocenters. The molecule has 2 aromatic carbocycles. The van der Waals surface area contributed by atoms with Gasteiger partial charge in [-0.1, -0.05) is 33.2 Å². The second kappa shape index (κ2) is 7.45. The molecule has 1 aliphatic rings. The zero-order valence-electron chi connectivity index (χ0n) is 15.6. The standard InChI is InChI=1S/C20H15BrN4O5/c21-13-5-2-1-4-11(13)18-23-17(30-24-18)6-3-7-25-19(26)12-8-15-16(29-10-28-15)9-14(12)22-20(25)27/h1-2,4-5,8-9H,3,6-7,10H2,(H,22,27). The number of aryl methyl sites for hydroxylation is 1. The number of halogens is 1. The molecule has 0 bridgehead atoms. The van der Waals surface area contributed by atoms with Crippen LogP contribution < -0.4 is 20.7 Å². The Morgan fingerprint density at radius 3 is 2.77 bits per heavy atom. The summed E-state index contributed by atoms with van der Waals surface area (Å²) in [5, 5.41) is 4.37. The first-order valence-electron chi connectivity index (χ1n) is 9.24. The van der Waals surface area contributed by atoms with Gasteiger partial charge in [0, 0.05) is 29.1 Å². The zero-order valence-corrected chi connectivity index (χ0v) is 17.1. The molecule has 9 nitrogen and oxygen atoms in total. The molecule has 0 saturated heterocycles. The molecule has 0 saturated carbocycles. The van der Waals surface area contributed by atoms with E-state index in [4.69, 9.17) is 14.0 Å². The number of aromatic nitrogens is 4. The highest BCUT2D eigenvalue weighted by atomic mass is 79.9. The van der Waals surface area contributed by atoms with Gasteiger partial charge in [-0.05, 0) is 24.6 Å². The molecule has 4 aromatic rings. The largest absolute Gasteiger partial charge is 0.454 e. The molecule has 1 N–H and O–H groups in total. The van der Waals surface area contributed by atoms with E-state index in [1.807, 2.05) is 24.3 Å². The van der Waals surface area contributed by atoms with E-state index >= 15 is 0 Å². The SMILES string of the molecule is O=c1[nH]c2cc3c(cc2c(=O)n1CCCc1nc(-c2ccccc2Br)no1)OCO3. The number of H-pyrrole nitrogens is 1. The minimum atomic E-state index is -0.481. The number of ether oxygens (including phenoxy) is 2. The van der Waals surface area contributed by atoms with E-state index < -0.39 is 5.69 Å². The summed E-state index contributed by atoms with van der Waals surface area (Å²) in [4.78, 5) is 32.3. The summed E-state index contributed by atoms with van der Waals surface area (Å²) in [6.07, 6.45) is 0.916. The highest BCUT2D eigenvalue weighted by Crippen LogP contribution is 2.34. The van der Waals surface area contributed by atoms with Crippen LogP contribution in [0.2, 0.25) is 0 Å². The van der Waals surface area contributed by atoms with Gasteiger partial charge < -0.3 is 19.0 Å². The highest BCUT2D eigenvalue weighted by molar-refractivity contribution is 9.10. The zero-order chi connectivity index (χ0) is 20.7. The van der Waals surface area contributed by atoms with Gasteiger partial charge in [0.2, 0.25) is 18.5 Å². The van der Waals surface area contributed by atoms with Crippen LogP contribution in [0.4, 0.5) is 0 Å². The van der Waals surface area contributed by atoms with Crippen molar-refractivity contribution in [1.82, 2.24) is 19.7 Å². The molecule has 1 aliphatic heterocycles. The molecule has 2 aromatic heterocycles. The Labute approximate surface area is 177 Å². The van der Waals surface area contributed by atoms with Crippen molar-refractivity contribution >= 4 is 26.8 Å². The fraction of sp³-hybridized carbons (Fsp3) is 0.200. The van der Waals surface area contributed by atoms with E-state index in [1.54, 1.807) is 12.1 Å².